The Morgan fingerprint density at radius 3 is 2.77 bits per heavy atom. The summed E-state index contributed by atoms with van der Waals surface area (Å²) in [6.45, 7) is 0.343. The number of H-pyrrole nitrogens is 1. The zero-order valence-corrected chi connectivity index (χ0v) is 13.2. The second kappa shape index (κ2) is 6.06. The largest absolute Gasteiger partial charge is 0.391 e. The molecule has 0 bridgehead atoms. The molecule has 1 aliphatic carbocycles. The van der Waals surface area contributed by atoms with E-state index in [9.17, 15) is 9.90 Å². The van der Waals surface area contributed by atoms with Crippen LogP contribution in [0.3, 0.4) is 0 Å². The summed E-state index contributed by atoms with van der Waals surface area (Å²) in [5.41, 5.74) is 1.31. The Hall–Kier alpha value is -1.92. The van der Waals surface area contributed by atoms with Crippen LogP contribution >= 0.6 is 12.2 Å². The minimum atomic E-state index is -0.443. The van der Waals surface area contributed by atoms with Gasteiger partial charge in [-0.1, -0.05) is 18.2 Å². The van der Waals surface area contributed by atoms with Gasteiger partial charge in [0, 0.05) is 25.5 Å². The Kier molecular flexibility index (Phi) is 4.13. The molecule has 1 unspecified atom stereocenters. The van der Waals surface area contributed by atoms with Gasteiger partial charge in [0.25, 0.3) is 5.91 Å². The van der Waals surface area contributed by atoms with Crippen LogP contribution in [-0.4, -0.2) is 45.2 Å². The van der Waals surface area contributed by atoms with Gasteiger partial charge in [-0.3, -0.25) is 9.36 Å². The average Bonchev–Trinajstić information content (AvgIpc) is 3.30. The molecule has 0 aliphatic heterocycles. The van der Waals surface area contributed by atoms with E-state index in [4.69, 9.17) is 12.2 Å². The number of aliphatic hydroxyl groups is 1. The van der Waals surface area contributed by atoms with Crippen molar-refractivity contribution in [2.45, 2.75) is 18.9 Å². The molecule has 2 aromatic rings. The highest BCUT2D eigenvalue weighted by molar-refractivity contribution is 7.71. The Balaban J connectivity index is 1.85. The van der Waals surface area contributed by atoms with Crippen molar-refractivity contribution in [3.8, 4) is 5.69 Å². The maximum absolute atomic E-state index is 12.7. The van der Waals surface area contributed by atoms with Crippen LogP contribution in [0, 0.1) is 10.7 Å². The van der Waals surface area contributed by atoms with Gasteiger partial charge in [-0.2, -0.15) is 0 Å². The number of aromatic nitrogens is 2. The van der Waals surface area contributed by atoms with Crippen LogP contribution in [0.15, 0.2) is 36.5 Å². The van der Waals surface area contributed by atoms with E-state index in [1.54, 1.807) is 22.7 Å². The molecule has 116 valence electrons. The van der Waals surface area contributed by atoms with Crippen molar-refractivity contribution in [1.29, 1.82) is 0 Å². The molecule has 1 aromatic carbocycles. The van der Waals surface area contributed by atoms with Crippen molar-refractivity contribution in [2.75, 3.05) is 13.6 Å². The number of aliphatic hydroxyl groups excluding tert-OH is 1. The molecule has 1 amide bonds. The van der Waals surface area contributed by atoms with Gasteiger partial charge in [-0.05, 0) is 43.1 Å². The van der Waals surface area contributed by atoms with E-state index in [-0.39, 0.29) is 5.91 Å². The summed E-state index contributed by atoms with van der Waals surface area (Å²) in [6, 6.07) is 9.52. The molecular formula is C16H19N3O2S. The van der Waals surface area contributed by atoms with E-state index in [1.165, 1.54) is 0 Å². The summed E-state index contributed by atoms with van der Waals surface area (Å²) < 4.78 is 2.20. The number of nitrogens with one attached hydrogen (secondary N) is 1. The minimum Gasteiger partial charge on any atom is -0.391 e. The van der Waals surface area contributed by atoms with Crippen molar-refractivity contribution in [1.82, 2.24) is 14.5 Å². The van der Waals surface area contributed by atoms with Crippen molar-refractivity contribution >= 4 is 18.1 Å². The molecule has 1 fully saturated rings. The fourth-order valence-corrected chi connectivity index (χ4v) is 2.81. The molecule has 6 heteroatoms. The summed E-state index contributed by atoms with van der Waals surface area (Å²) in [5, 5.41) is 10.0. The Morgan fingerprint density at radius 1 is 1.45 bits per heavy atom. The summed E-state index contributed by atoms with van der Waals surface area (Å²) >= 11 is 5.29. The number of likely N-dealkylation sites (N-methyl/N-ethyl adjacent to an activating group) is 1. The molecule has 0 radical (unpaired) electrons. The first-order valence-electron chi connectivity index (χ1n) is 7.37. The smallest absolute Gasteiger partial charge is 0.272 e. The fraction of sp³-hybridized carbons (Fsp3) is 0.375. The highest BCUT2D eigenvalue weighted by atomic mass is 32.1. The number of hydrogen-bond donors (Lipinski definition) is 2. The van der Waals surface area contributed by atoms with Gasteiger partial charge in [0.2, 0.25) is 0 Å². The molecule has 2 N–H and O–H groups in total. The van der Waals surface area contributed by atoms with Gasteiger partial charge in [0.05, 0.1) is 6.10 Å². The van der Waals surface area contributed by atoms with Crippen molar-refractivity contribution in [3.63, 3.8) is 0 Å². The first-order chi connectivity index (χ1) is 10.6. The Morgan fingerprint density at radius 2 is 2.14 bits per heavy atom. The molecule has 3 rings (SSSR count). The molecule has 1 aromatic heterocycles. The molecule has 1 saturated carbocycles. The molecular weight excluding hydrogens is 298 g/mol. The highest BCUT2D eigenvalue weighted by Gasteiger charge is 2.31. The van der Waals surface area contributed by atoms with Crippen LogP contribution in [0.5, 0.6) is 0 Å². The van der Waals surface area contributed by atoms with E-state index < -0.39 is 6.10 Å². The summed E-state index contributed by atoms with van der Waals surface area (Å²) in [5.74, 6) is 0.188. The summed E-state index contributed by atoms with van der Waals surface area (Å²) in [6.07, 6.45) is 3.28. The lowest BCUT2D eigenvalue weighted by atomic mass is 10.2. The average molecular weight is 317 g/mol. The molecule has 1 atom stereocenters. The molecule has 22 heavy (non-hydrogen) atoms. The number of carbonyl (C=O) groups is 1. The predicted molar refractivity (Wildman–Crippen MR) is 86.6 cm³/mol. The zero-order chi connectivity index (χ0) is 15.7. The lowest BCUT2D eigenvalue weighted by molar-refractivity contribution is 0.0638. The van der Waals surface area contributed by atoms with Gasteiger partial charge in [0.1, 0.15) is 5.69 Å². The van der Waals surface area contributed by atoms with E-state index in [0.29, 0.717) is 22.9 Å². The van der Waals surface area contributed by atoms with Crippen LogP contribution in [0.1, 0.15) is 23.3 Å². The summed E-state index contributed by atoms with van der Waals surface area (Å²) in [4.78, 5) is 17.1. The van der Waals surface area contributed by atoms with Crippen LogP contribution in [0.2, 0.25) is 0 Å². The lowest BCUT2D eigenvalue weighted by Gasteiger charge is -2.21. The monoisotopic (exact) mass is 317 g/mol. The first kappa shape index (κ1) is 15.0. The third-order valence-corrected chi connectivity index (χ3v) is 4.28. The number of imidazole rings is 1. The van der Waals surface area contributed by atoms with E-state index in [2.05, 4.69) is 4.98 Å². The van der Waals surface area contributed by atoms with Gasteiger partial charge < -0.3 is 15.0 Å². The standard InChI is InChI=1S/C16H19N3O2S/c1-18(10-14(20)11-7-8-11)15(21)13-9-17-16(22)19(13)12-5-3-2-4-6-12/h2-6,9,11,14,20H,7-8,10H2,1H3,(H,17,22). The number of carbonyl (C=O) groups excluding carboxylic acids is 1. The quantitative estimate of drug-likeness (QED) is 0.832. The van der Waals surface area contributed by atoms with E-state index in [1.807, 2.05) is 30.3 Å². The van der Waals surface area contributed by atoms with Crippen LogP contribution in [0.25, 0.3) is 5.69 Å². The van der Waals surface area contributed by atoms with E-state index in [0.717, 1.165) is 18.5 Å². The number of hydrogen-bond acceptors (Lipinski definition) is 3. The third-order valence-electron chi connectivity index (χ3n) is 3.98. The van der Waals surface area contributed by atoms with Crippen LogP contribution in [-0.2, 0) is 0 Å². The van der Waals surface area contributed by atoms with Crippen LogP contribution in [0.4, 0.5) is 0 Å². The first-order valence-corrected chi connectivity index (χ1v) is 7.78. The van der Waals surface area contributed by atoms with Crippen LogP contribution < -0.4 is 0 Å². The summed E-state index contributed by atoms with van der Waals surface area (Å²) in [7, 11) is 1.71. The number of amides is 1. The number of para-hydroxylation sites is 1. The highest BCUT2D eigenvalue weighted by Crippen LogP contribution is 2.32. The van der Waals surface area contributed by atoms with Gasteiger partial charge in [-0.15, -0.1) is 0 Å². The van der Waals surface area contributed by atoms with E-state index >= 15 is 0 Å². The van der Waals surface area contributed by atoms with Crippen molar-refractivity contribution in [3.05, 3.63) is 47.0 Å². The fourth-order valence-electron chi connectivity index (χ4n) is 2.55. The predicted octanol–water partition coefficient (Wildman–Crippen LogP) is 2.38. The number of nitrogens with zero attached hydrogens (tertiary/aromatic N) is 2. The molecule has 0 spiro atoms. The van der Waals surface area contributed by atoms with Crippen molar-refractivity contribution in [2.24, 2.45) is 5.92 Å². The zero-order valence-electron chi connectivity index (χ0n) is 12.4. The van der Waals surface area contributed by atoms with Gasteiger partial charge in [0.15, 0.2) is 4.77 Å². The number of rotatable bonds is 5. The van der Waals surface area contributed by atoms with Crippen molar-refractivity contribution < 1.29 is 9.90 Å². The Labute approximate surface area is 134 Å². The molecule has 1 aliphatic rings. The normalized spacial score (nSPS) is 15.5. The number of benzene rings is 1. The maximum Gasteiger partial charge on any atom is 0.272 e. The molecule has 0 saturated heterocycles. The topological polar surface area (TPSA) is 61.3 Å². The molecule has 1 heterocycles. The van der Waals surface area contributed by atoms with Gasteiger partial charge in [-0.25, -0.2) is 0 Å². The maximum atomic E-state index is 12.7. The Bertz CT molecular complexity index is 718. The number of aromatic amines is 1. The second-order valence-electron chi connectivity index (χ2n) is 5.74. The van der Waals surface area contributed by atoms with Gasteiger partial charge >= 0.3 is 0 Å². The third kappa shape index (κ3) is 2.98. The lowest BCUT2D eigenvalue weighted by Crippen LogP contribution is -2.36. The SMILES string of the molecule is CN(CC(O)C1CC1)C(=O)c1c[nH]c(=S)n1-c1ccccc1. The minimum absolute atomic E-state index is 0.157. The molecule has 5 nitrogen and oxygen atoms in total. The second-order valence-corrected chi connectivity index (χ2v) is 6.13.